The van der Waals surface area contributed by atoms with Crippen LogP contribution in [-0.2, 0) is 6.54 Å². The van der Waals surface area contributed by atoms with Crippen molar-refractivity contribution in [3.8, 4) is 17.5 Å². The first kappa shape index (κ1) is 18.6. The van der Waals surface area contributed by atoms with E-state index in [2.05, 4.69) is 21.5 Å². The number of nitrogens with one attached hydrogen (secondary N) is 1. The molecule has 2 aromatic heterocycles. The van der Waals surface area contributed by atoms with Gasteiger partial charge in [-0.1, -0.05) is 12.1 Å². The predicted octanol–water partition coefficient (Wildman–Crippen LogP) is 3.53. The lowest BCUT2D eigenvalue weighted by molar-refractivity contribution is 0.101. The number of benzene rings is 1. The Kier molecular flexibility index (Phi) is 4.92. The van der Waals surface area contributed by atoms with Crippen LogP contribution in [-0.4, -0.2) is 20.5 Å². The van der Waals surface area contributed by atoms with E-state index in [9.17, 15) is 9.59 Å². The third kappa shape index (κ3) is 3.92. The second-order valence-corrected chi connectivity index (χ2v) is 7.12. The van der Waals surface area contributed by atoms with Crippen LogP contribution >= 0.6 is 0 Å². The molecule has 0 aliphatic heterocycles. The van der Waals surface area contributed by atoms with Gasteiger partial charge < -0.3 is 5.32 Å². The van der Waals surface area contributed by atoms with Gasteiger partial charge in [-0.15, -0.1) is 0 Å². The molecule has 7 heteroatoms. The SMILES string of the molecule is CC(=O)c1c(-c2ccccn2)nn(CC2CC2)c(=O)c1Nc1cccc(C#N)c1. The van der Waals surface area contributed by atoms with E-state index in [1.54, 1.807) is 42.6 Å². The molecule has 29 heavy (non-hydrogen) atoms. The van der Waals surface area contributed by atoms with Gasteiger partial charge in [0.1, 0.15) is 11.4 Å². The third-order valence-corrected chi connectivity index (χ3v) is 4.80. The molecule has 2 heterocycles. The monoisotopic (exact) mass is 385 g/mol. The highest BCUT2D eigenvalue weighted by atomic mass is 16.1. The maximum Gasteiger partial charge on any atom is 0.291 e. The zero-order valence-corrected chi connectivity index (χ0v) is 15.9. The lowest BCUT2D eigenvalue weighted by Gasteiger charge is -2.16. The van der Waals surface area contributed by atoms with Crippen molar-refractivity contribution >= 4 is 17.2 Å². The van der Waals surface area contributed by atoms with Crippen molar-refractivity contribution < 1.29 is 4.79 Å². The molecule has 1 aliphatic rings. The van der Waals surface area contributed by atoms with Crippen LogP contribution in [0.15, 0.2) is 53.5 Å². The van der Waals surface area contributed by atoms with Crippen LogP contribution in [0.4, 0.5) is 11.4 Å². The minimum Gasteiger partial charge on any atom is -0.350 e. The predicted molar refractivity (Wildman–Crippen MR) is 109 cm³/mol. The molecule has 0 spiro atoms. The molecule has 7 nitrogen and oxygen atoms in total. The largest absolute Gasteiger partial charge is 0.350 e. The number of nitriles is 1. The highest BCUT2D eigenvalue weighted by Crippen LogP contribution is 2.31. The Hall–Kier alpha value is -3.79. The van der Waals surface area contributed by atoms with E-state index in [0.29, 0.717) is 35.1 Å². The first-order valence-corrected chi connectivity index (χ1v) is 9.41. The molecule has 144 valence electrons. The minimum absolute atomic E-state index is 0.156. The van der Waals surface area contributed by atoms with Crippen molar-refractivity contribution in [2.75, 3.05) is 5.32 Å². The number of hydrogen-bond acceptors (Lipinski definition) is 6. The fourth-order valence-corrected chi connectivity index (χ4v) is 3.19. The normalized spacial score (nSPS) is 13.0. The lowest BCUT2D eigenvalue weighted by atomic mass is 10.1. The van der Waals surface area contributed by atoms with Gasteiger partial charge in [0.25, 0.3) is 5.56 Å². The standard InChI is InChI=1S/C22H19N5O2/c1-14(28)19-20(18-7-2-3-10-24-18)26-27(13-15-8-9-15)22(29)21(19)25-17-6-4-5-16(11-17)12-23/h2-7,10-11,15,25H,8-9,13H2,1H3. The molecule has 1 fully saturated rings. The number of Topliss-reactive ketones (excluding diaryl/α,β-unsaturated/α-hetero) is 1. The van der Waals surface area contributed by atoms with Gasteiger partial charge in [-0.25, -0.2) is 4.68 Å². The smallest absolute Gasteiger partial charge is 0.291 e. The van der Waals surface area contributed by atoms with E-state index < -0.39 is 0 Å². The quantitative estimate of drug-likeness (QED) is 0.652. The maximum atomic E-state index is 13.2. The summed E-state index contributed by atoms with van der Waals surface area (Å²) < 4.78 is 1.42. The second kappa shape index (κ2) is 7.68. The second-order valence-electron chi connectivity index (χ2n) is 7.12. The molecule has 0 unspecified atom stereocenters. The highest BCUT2D eigenvalue weighted by molar-refractivity contribution is 6.05. The van der Waals surface area contributed by atoms with Gasteiger partial charge in [-0.05, 0) is 56.0 Å². The Morgan fingerprint density at radius 2 is 2.10 bits per heavy atom. The van der Waals surface area contributed by atoms with E-state index >= 15 is 0 Å². The van der Waals surface area contributed by atoms with Crippen LogP contribution in [0, 0.1) is 17.2 Å². The molecule has 4 rings (SSSR count). The van der Waals surface area contributed by atoms with Crippen molar-refractivity contribution in [2.45, 2.75) is 26.3 Å². The van der Waals surface area contributed by atoms with E-state index in [4.69, 9.17) is 5.26 Å². The van der Waals surface area contributed by atoms with Gasteiger partial charge >= 0.3 is 0 Å². The highest BCUT2D eigenvalue weighted by Gasteiger charge is 2.27. The molecule has 1 N–H and O–H groups in total. The average Bonchev–Trinajstić information content (AvgIpc) is 3.55. The maximum absolute atomic E-state index is 13.2. The molecular weight excluding hydrogens is 366 g/mol. The number of aromatic nitrogens is 3. The molecule has 0 atom stereocenters. The van der Waals surface area contributed by atoms with Gasteiger partial charge in [-0.3, -0.25) is 14.6 Å². The average molecular weight is 385 g/mol. The van der Waals surface area contributed by atoms with E-state index in [-0.39, 0.29) is 22.6 Å². The Balaban J connectivity index is 1.92. The molecule has 1 aliphatic carbocycles. The topological polar surface area (TPSA) is 101 Å². The van der Waals surface area contributed by atoms with Gasteiger partial charge in [0.15, 0.2) is 5.78 Å². The zero-order chi connectivity index (χ0) is 20.4. The van der Waals surface area contributed by atoms with Gasteiger partial charge in [0, 0.05) is 18.4 Å². The van der Waals surface area contributed by atoms with E-state index in [1.807, 2.05) is 6.07 Å². The van der Waals surface area contributed by atoms with Crippen LogP contribution in [0.1, 0.15) is 35.7 Å². The number of carbonyl (C=O) groups is 1. The summed E-state index contributed by atoms with van der Waals surface area (Å²) in [4.78, 5) is 30.1. The van der Waals surface area contributed by atoms with Crippen molar-refractivity contribution in [1.29, 1.82) is 5.26 Å². The summed E-state index contributed by atoms with van der Waals surface area (Å²) in [7, 11) is 0. The van der Waals surface area contributed by atoms with Crippen molar-refractivity contribution in [2.24, 2.45) is 5.92 Å². The fraction of sp³-hybridized carbons (Fsp3) is 0.227. The molecule has 0 radical (unpaired) electrons. The van der Waals surface area contributed by atoms with Crippen LogP contribution in [0.25, 0.3) is 11.4 Å². The summed E-state index contributed by atoms with van der Waals surface area (Å²) in [6.45, 7) is 1.91. The minimum atomic E-state index is -0.357. The molecule has 0 saturated heterocycles. The van der Waals surface area contributed by atoms with Gasteiger partial charge in [0.2, 0.25) is 0 Å². The Bertz CT molecular complexity index is 1170. The number of hydrogen-bond donors (Lipinski definition) is 1. The van der Waals surface area contributed by atoms with Gasteiger partial charge in [-0.2, -0.15) is 10.4 Å². The Morgan fingerprint density at radius 1 is 1.28 bits per heavy atom. The summed E-state index contributed by atoms with van der Waals surface area (Å²) in [5, 5.41) is 16.7. The van der Waals surface area contributed by atoms with Gasteiger partial charge in [0.05, 0.1) is 22.9 Å². The summed E-state index contributed by atoms with van der Waals surface area (Å²) in [6.07, 6.45) is 3.75. The van der Waals surface area contributed by atoms with Crippen LogP contribution in [0.2, 0.25) is 0 Å². The number of anilines is 2. The Labute approximate surface area is 167 Å². The number of rotatable bonds is 6. The van der Waals surface area contributed by atoms with E-state index in [0.717, 1.165) is 12.8 Å². The Morgan fingerprint density at radius 3 is 2.76 bits per heavy atom. The molecule has 0 amide bonds. The molecule has 0 bridgehead atoms. The first-order chi connectivity index (χ1) is 14.1. The van der Waals surface area contributed by atoms with Crippen molar-refractivity contribution in [3.63, 3.8) is 0 Å². The number of pyridine rings is 1. The van der Waals surface area contributed by atoms with Crippen LogP contribution in [0.5, 0.6) is 0 Å². The fourth-order valence-electron chi connectivity index (χ4n) is 3.19. The number of ketones is 1. The molecule has 1 saturated carbocycles. The first-order valence-electron chi connectivity index (χ1n) is 9.41. The molecule has 1 aromatic carbocycles. The summed E-state index contributed by atoms with van der Waals surface area (Å²) >= 11 is 0. The number of carbonyl (C=O) groups excluding carboxylic acids is 1. The van der Waals surface area contributed by atoms with Crippen molar-refractivity contribution in [3.05, 3.63) is 70.1 Å². The molecular formula is C22H19N5O2. The van der Waals surface area contributed by atoms with Crippen molar-refractivity contribution in [1.82, 2.24) is 14.8 Å². The zero-order valence-electron chi connectivity index (χ0n) is 15.9. The van der Waals surface area contributed by atoms with Crippen LogP contribution in [0.3, 0.4) is 0 Å². The lowest BCUT2D eigenvalue weighted by Crippen LogP contribution is -2.29. The molecule has 3 aromatic rings. The third-order valence-electron chi connectivity index (χ3n) is 4.80. The van der Waals surface area contributed by atoms with E-state index in [1.165, 1.54) is 11.6 Å². The summed E-state index contributed by atoms with van der Waals surface area (Å²) in [6, 6.07) is 14.2. The summed E-state index contributed by atoms with van der Waals surface area (Å²) in [5.74, 6) is 0.141. The van der Waals surface area contributed by atoms with Crippen LogP contribution < -0.4 is 10.9 Å². The summed E-state index contributed by atoms with van der Waals surface area (Å²) in [5.41, 5.74) is 1.90. The number of nitrogens with zero attached hydrogens (tertiary/aromatic N) is 4.